The minimum atomic E-state index is -0.155. The first-order valence-corrected chi connectivity index (χ1v) is 7.97. The van der Waals surface area contributed by atoms with E-state index in [1.165, 1.54) is 28.5 Å². The highest BCUT2D eigenvalue weighted by atomic mass is 16.2. The second-order valence-corrected chi connectivity index (χ2v) is 7.26. The van der Waals surface area contributed by atoms with Crippen molar-refractivity contribution in [3.63, 3.8) is 0 Å². The van der Waals surface area contributed by atoms with Crippen LogP contribution in [0.5, 0.6) is 0 Å². The van der Waals surface area contributed by atoms with Crippen LogP contribution in [0.25, 0.3) is 0 Å². The predicted octanol–water partition coefficient (Wildman–Crippen LogP) is 3.35. The molecule has 23 heavy (non-hydrogen) atoms. The van der Waals surface area contributed by atoms with Crippen molar-refractivity contribution in [2.75, 3.05) is 13.6 Å². The Kier molecular flexibility index (Phi) is 5.19. The van der Waals surface area contributed by atoms with E-state index in [1.807, 2.05) is 0 Å². The van der Waals surface area contributed by atoms with Crippen molar-refractivity contribution in [3.8, 4) is 0 Å². The summed E-state index contributed by atoms with van der Waals surface area (Å²) in [5, 5.41) is 3.88. The van der Waals surface area contributed by atoms with Crippen LogP contribution in [0.4, 0.5) is 4.79 Å². The van der Waals surface area contributed by atoms with Crippen molar-refractivity contribution in [3.05, 3.63) is 48.0 Å². The molecular formula is C18H26N4O. The summed E-state index contributed by atoms with van der Waals surface area (Å²) in [7, 11) is 1.79. The molecule has 1 heterocycles. The molecule has 0 aliphatic rings. The zero-order valence-electron chi connectivity index (χ0n) is 14.7. The van der Waals surface area contributed by atoms with E-state index in [0.29, 0.717) is 12.5 Å². The monoisotopic (exact) mass is 314 g/mol. The van der Waals surface area contributed by atoms with Crippen LogP contribution >= 0.6 is 0 Å². The summed E-state index contributed by atoms with van der Waals surface area (Å²) >= 11 is 0. The Bertz CT molecular complexity index is 626. The molecule has 1 unspecified atom stereocenters. The van der Waals surface area contributed by atoms with Gasteiger partial charge < -0.3 is 4.90 Å². The lowest BCUT2D eigenvalue weighted by Gasteiger charge is -2.22. The molecule has 1 aromatic carbocycles. The first-order chi connectivity index (χ1) is 10.8. The third-order valence-corrected chi connectivity index (χ3v) is 3.93. The number of hydrogen-bond donors (Lipinski definition) is 0. The van der Waals surface area contributed by atoms with Crippen molar-refractivity contribution in [1.82, 2.24) is 19.7 Å². The normalized spacial score (nSPS) is 12.9. The van der Waals surface area contributed by atoms with Crippen molar-refractivity contribution < 1.29 is 4.79 Å². The van der Waals surface area contributed by atoms with E-state index in [0.717, 1.165) is 6.42 Å². The number of amides is 1. The molecule has 0 radical (unpaired) electrons. The number of rotatable bonds is 4. The van der Waals surface area contributed by atoms with Gasteiger partial charge in [-0.05, 0) is 28.9 Å². The maximum absolute atomic E-state index is 12.1. The Morgan fingerprint density at radius 3 is 2.43 bits per heavy atom. The predicted molar refractivity (Wildman–Crippen MR) is 91.5 cm³/mol. The topological polar surface area (TPSA) is 51.0 Å². The second-order valence-electron chi connectivity index (χ2n) is 7.26. The first-order valence-electron chi connectivity index (χ1n) is 7.97. The Hall–Kier alpha value is -2.17. The molecule has 124 valence electrons. The van der Waals surface area contributed by atoms with Crippen LogP contribution in [-0.4, -0.2) is 39.3 Å². The molecule has 0 fully saturated rings. The summed E-state index contributed by atoms with van der Waals surface area (Å²) in [5.74, 6) is 0.368. The fraction of sp³-hybridized carbons (Fsp3) is 0.500. The fourth-order valence-electron chi connectivity index (χ4n) is 2.64. The summed E-state index contributed by atoms with van der Waals surface area (Å²) in [5.41, 5.74) is 2.81. The van der Waals surface area contributed by atoms with E-state index in [-0.39, 0.29) is 11.4 Å². The van der Waals surface area contributed by atoms with Crippen molar-refractivity contribution in [2.45, 2.75) is 39.5 Å². The molecule has 0 saturated carbocycles. The van der Waals surface area contributed by atoms with Gasteiger partial charge in [0.1, 0.15) is 12.7 Å². The molecule has 0 bridgehead atoms. The van der Waals surface area contributed by atoms with E-state index >= 15 is 0 Å². The van der Waals surface area contributed by atoms with Crippen LogP contribution in [0.2, 0.25) is 0 Å². The Labute approximate surface area is 138 Å². The molecule has 2 aromatic rings. The lowest BCUT2D eigenvalue weighted by molar-refractivity contribution is 0.200. The number of nitrogens with zero attached hydrogens (tertiary/aromatic N) is 4. The third-order valence-electron chi connectivity index (χ3n) is 3.93. The van der Waals surface area contributed by atoms with E-state index in [1.54, 1.807) is 11.9 Å². The fourth-order valence-corrected chi connectivity index (χ4v) is 2.64. The molecule has 0 aliphatic carbocycles. The molecule has 5 heteroatoms. The van der Waals surface area contributed by atoms with Crippen molar-refractivity contribution in [1.29, 1.82) is 0 Å². The highest BCUT2D eigenvalue weighted by Crippen LogP contribution is 2.23. The maximum Gasteiger partial charge on any atom is 0.345 e. The number of carbonyl (C=O) groups is 1. The number of carbonyl (C=O) groups excluding carboxylic acids is 1. The number of hydrogen-bond acceptors (Lipinski definition) is 3. The van der Waals surface area contributed by atoms with Crippen LogP contribution in [0.15, 0.2) is 36.9 Å². The van der Waals surface area contributed by atoms with Gasteiger partial charge in [0.15, 0.2) is 0 Å². The van der Waals surface area contributed by atoms with Gasteiger partial charge in [0.2, 0.25) is 0 Å². The second kappa shape index (κ2) is 6.94. The van der Waals surface area contributed by atoms with Gasteiger partial charge in [-0.3, -0.25) is 0 Å². The SMILES string of the molecule is CC(Cc1ccc(C(C)(C)C)cc1)CN(C)C(=O)n1cncn1. The quantitative estimate of drug-likeness (QED) is 0.869. The van der Waals surface area contributed by atoms with Crippen LogP contribution < -0.4 is 0 Å². The molecule has 0 spiro atoms. The number of benzene rings is 1. The summed E-state index contributed by atoms with van der Waals surface area (Å²) < 4.78 is 1.25. The minimum Gasteiger partial charge on any atom is -0.326 e. The van der Waals surface area contributed by atoms with E-state index < -0.39 is 0 Å². The lowest BCUT2D eigenvalue weighted by atomic mass is 9.86. The lowest BCUT2D eigenvalue weighted by Crippen LogP contribution is -2.35. The van der Waals surface area contributed by atoms with Crippen molar-refractivity contribution in [2.24, 2.45) is 5.92 Å². The molecular weight excluding hydrogens is 288 g/mol. The molecule has 0 saturated heterocycles. The zero-order chi connectivity index (χ0) is 17.0. The van der Waals surface area contributed by atoms with Gasteiger partial charge in [0, 0.05) is 13.6 Å². The van der Waals surface area contributed by atoms with Crippen LogP contribution in [0.1, 0.15) is 38.8 Å². The third kappa shape index (κ3) is 4.65. The van der Waals surface area contributed by atoms with E-state index in [2.05, 4.69) is 62.0 Å². The minimum absolute atomic E-state index is 0.155. The first kappa shape index (κ1) is 17.2. The van der Waals surface area contributed by atoms with Crippen LogP contribution in [0.3, 0.4) is 0 Å². The van der Waals surface area contributed by atoms with E-state index in [4.69, 9.17) is 0 Å². The van der Waals surface area contributed by atoms with Gasteiger partial charge in [0.25, 0.3) is 0 Å². The van der Waals surface area contributed by atoms with Gasteiger partial charge in [-0.25, -0.2) is 9.78 Å². The van der Waals surface area contributed by atoms with Crippen LogP contribution in [-0.2, 0) is 11.8 Å². The molecule has 2 rings (SSSR count). The van der Waals surface area contributed by atoms with Gasteiger partial charge >= 0.3 is 6.03 Å². The average Bonchev–Trinajstić information content (AvgIpc) is 3.00. The molecule has 0 aliphatic heterocycles. The molecule has 1 aromatic heterocycles. The largest absolute Gasteiger partial charge is 0.345 e. The zero-order valence-corrected chi connectivity index (χ0v) is 14.7. The maximum atomic E-state index is 12.1. The molecule has 5 nitrogen and oxygen atoms in total. The van der Waals surface area contributed by atoms with Crippen molar-refractivity contribution >= 4 is 6.03 Å². The average molecular weight is 314 g/mol. The number of aromatic nitrogens is 3. The van der Waals surface area contributed by atoms with E-state index in [9.17, 15) is 4.79 Å². The molecule has 1 atom stereocenters. The summed E-state index contributed by atoms with van der Waals surface area (Å²) in [6, 6.07) is 8.63. The Morgan fingerprint density at radius 1 is 1.26 bits per heavy atom. The molecule has 0 N–H and O–H groups in total. The van der Waals surface area contributed by atoms with Gasteiger partial charge in [-0.1, -0.05) is 52.0 Å². The van der Waals surface area contributed by atoms with Gasteiger partial charge in [-0.2, -0.15) is 9.78 Å². The highest BCUT2D eigenvalue weighted by Gasteiger charge is 2.16. The standard InChI is InChI=1S/C18H26N4O/c1-14(11-21(5)17(23)22-13-19-12-20-22)10-15-6-8-16(9-7-15)18(2,3)4/h6-9,12-14H,10-11H2,1-5H3. The summed E-state index contributed by atoms with van der Waals surface area (Å²) in [6.07, 6.45) is 3.74. The van der Waals surface area contributed by atoms with Crippen LogP contribution in [0, 0.1) is 5.92 Å². The molecule has 1 amide bonds. The summed E-state index contributed by atoms with van der Waals surface area (Å²) in [4.78, 5) is 17.6. The van der Waals surface area contributed by atoms with Gasteiger partial charge in [0.05, 0.1) is 0 Å². The Morgan fingerprint density at radius 2 is 1.91 bits per heavy atom. The summed E-state index contributed by atoms with van der Waals surface area (Å²) in [6.45, 7) is 9.49. The smallest absolute Gasteiger partial charge is 0.326 e. The highest BCUT2D eigenvalue weighted by molar-refractivity contribution is 5.75. The Balaban J connectivity index is 1.91. The van der Waals surface area contributed by atoms with Gasteiger partial charge in [-0.15, -0.1) is 0 Å².